The summed E-state index contributed by atoms with van der Waals surface area (Å²) in [6.07, 6.45) is 0.672. The number of halogens is 1. The lowest BCUT2D eigenvalue weighted by Crippen LogP contribution is -2.36. The highest BCUT2D eigenvalue weighted by Crippen LogP contribution is 2.40. The van der Waals surface area contributed by atoms with Gasteiger partial charge in [0.2, 0.25) is 5.91 Å². The molecule has 0 spiro atoms. The van der Waals surface area contributed by atoms with Crippen LogP contribution < -0.4 is 9.47 Å². The van der Waals surface area contributed by atoms with Gasteiger partial charge in [0.25, 0.3) is 0 Å². The predicted molar refractivity (Wildman–Crippen MR) is 123 cm³/mol. The second-order valence-electron chi connectivity index (χ2n) is 8.08. The van der Waals surface area contributed by atoms with Crippen molar-refractivity contribution in [1.82, 2.24) is 4.90 Å². The summed E-state index contributed by atoms with van der Waals surface area (Å²) >= 11 is 0. The van der Waals surface area contributed by atoms with Gasteiger partial charge in [-0.1, -0.05) is 24.3 Å². The number of carbonyl (C=O) groups excluding carboxylic acids is 2. The van der Waals surface area contributed by atoms with Crippen LogP contribution in [-0.2, 0) is 4.79 Å². The average Bonchev–Trinajstić information content (AvgIpc) is 3.25. The fourth-order valence-corrected chi connectivity index (χ4v) is 4.16. The molecule has 5 nitrogen and oxygen atoms in total. The van der Waals surface area contributed by atoms with E-state index in [-0.39, 0.29) is 17.5 Å². The molecule has 3 aromatic rings. The van der Waals surface area contributed by atoms with E-state index in [0.717, 1.165) is 17.5 Å². The number of ether oxygens (including phenoxy) is 2. The molecule has 6 heteroatoms. The average molecular weight is 448 g/mol. The Bertz CT molecular complexity index is 1110. The van der Waals surface area contributed by atoms with Crippen LogP contribution in [0.15, 0.2) is 72.8 Å². The molecule has 4 rings (SSSR count). The Balaban J connectivity index is 1.78. The minimum atomic E-state index is -0.563. The van der Waals surface area contributed by atoms with Crippen molar-refractivity contribution in [2.45, 2.75) is 31.9 Å². The van der Waals surface area contributed by atoms with E-state index in [9.17, 15) is 14.0 Å². The summed E-state index contributed by atoms with van der Waals surface area (Å²) in [7, 11) is 1.60. The quantitative estimate of drug-likeness (QED) is 0.427. The summed E-state index contributed by atoms with van der Waals surface area (Å²) in [5, 5.41) is 0. The van der Waals surface area contributed by atoms with Crippen molar-refractivity contribution < 1.29 is 23.5 Å². The Morgan fingerprint density at radius 2 is 1.52 bits per heavy atom. The smallest absolute Gasteiger partial charge is 0.223 e. The number of likely N-dealkylation sites (tertiary alicyclic amines) is 1. The minimum absolute atomic E-state index is 0.0277. The van der Waals surface area contributed by atoms with Gasteiger partial charge in [-0.15, -0.1) is 0 Å². The van der Waals surface area contributed by atoms with Crippen LogP contribution in [-0.4, -0.2) is 30.2 Å². The lowest BCUT2D eigenvalue weighted by molar-refractivity contribution is -0.131. The molecule has 3 aromatic carbocycles. The van der Waals surface area contributed by atoms with E-state index in [1.54, 1.807) is 43.5 Å². The topological polar surface area (TPSA) is 55.8 Å². The second kappa shape index (κ2) is 9.86. The largest absolute Gasteiger partial charge is 0.497 e. The first-order valence-corrected chi connectivity index (χ1v) is 10.9. The number of rotatable bonds is 8. The zero-order chi connectivity index (χ0) is 23.4. The molecule has 170 valence electrons. The second-order valence-corrected chi connectivity index (χ2v) is 8.08. The van der Waals surface area contributed by atoms with E-state index >= 15 is 0 Å². The fraction of sp³-hybridized carbons (Fsp3) is 0.259. The number of carbonyl (C=O) groups is 2. The summed E-state index contributed by atoms with van der Waals surface area (Å²) in [5.41, 5.74) is 2.22. The molecular weight excluding hydrogens is 421 g/mol. The molecule has 1 fully saturated rings. The van der Waals surface area contributed by atoms with Crippen LogP contribution >= 0.6 is 0 Å². The molecule has 0 radical (unpaired) electrons. The van der Waals surface area contributed by atoms with E-state index in [1.165, 1.54) is 19.1 Å². The molecule has 2 atom stereocenters. The standard InChI is InChI=1S/C27H26FNO4/c1-18(30)19-7-15-24(16-8-19)33-27(21-9-13-23(32-2)14-10-21)26(29-17-3-4-25(29)31)20-5-11-22(28)12-6-20/h5-16,26-27H,3-4,17H2,1-2H3/t26-,27+/m0/s1. The summed E-state index contributed by atoms with van der Waals surface area (Å²) in [4.78, 5) is 26.3. The zero-order valence-corrected chi connectivity index (χ0v) is 18.7. The third-order valence-corrected chi connectivity index (χ3v) is 5.91. The van der Waals surface area contributed by atoms with E-state index in [1.807, 2.05) is 29.2 Å². The molecule has 1 heterocycles. The summed E-state index contributed by atoms with van der Waals surface area (Å²) in [5.74, 6) is 0.948. The molecule has 1 saturated heterocycles. The van der Waals surface area contributed by atoms with Gasteiger partial charge in [0.1, 0.15) is 23.4 Å². The molecule has 0 N–H and O–H groups in total. The maximum absolute atomic E-state index is 13.7. The van der Waals surface area contributed by atoms with Crippen molar-refractivity contribution in [3.8, 4) is 11.5 Å². The third kappa shape index (κ3) is 5.06. The maximum Gasteiger partial charge on any atom is 0.223 e. The Morgan fingerprint density at radius 3 is 2.06 bits per heavy atom. The Hall–Kier alpha value is -3.67. The normalized spacial score (nSPS) is 15.2. The van der Waals surface area contributed by atoms with Crippen LogP contribution in [0.25, 0.3) is 0 Å². The maximum atomic E-state index is 13.7. The van der Waals surface area contributed by atoms with Gasteiger partial charge < -0.3 is 14.4 Å². The van der Waals surface area contributed by atoms with E-state index < -0.39 is 12.1 Å². The van der Waals surface area contributed by atoms with Gasteiger partial charge in [0.15, 0.2) is 5.78 Å². The highest BCUT2D eigenvalue weighted by Gasteiger charge is 2.37. The van der Waals surface area contributed by atoms with Crippen molar-refractivity contribution in [3.63, 3.8) is 0 Å². The lowest BCUT2D eigenvalue weighted by atomic mass is 9.94. The Morgan fingerprint density at radius 1 is 0.909 bits per heavy atom. The molecule has 1 aliphatic heterocycles. The highest BCUT2D eigenvalue weighted by atomic mass is 19.1. The van der Waals surface area contributed by atoms with Gasteiger partial charge >= 0.3 is 0 Å². The number of ketones is 1. The molecule has 0 aliphatic carbocycles. The molecule has 0 bridgehead atoms. The Labute approximate surface area is 192 Å². The molecular formula is C27H26FNO4. The summed E-state index contributed by atoms with van der Waals surface area (Å²) in [6.45, 7) is 2.11. The van der Waals surface area contributed by atoms with Crippen molar-refractivity contribution in [3.05, 3.63) is 95.3 Å². The van der Waals surface area contributed by atoms with Crippen LogP contribution in [0.3, 0.4) is 0 Å². The number of hydrogen-bond acceptors (Lipinski definition) is 4. The van der Waals surface area contributed by atoms with E-state index in [2.05, 4.69) is 0 Å². The van der Waals surface area contributed by atoms with Gasteiger partial charge in [-0.2, -0.15) is 0 Å². The summed E-state index contributed by atoms with van der Waals surface area (Å²) in [6, 6.07) is 20.2. The number of nitrogens with zero attached hydrogens (tertiary/aromatic N) is 1. The van der Waals surface area contributed by atoms with Crippen LogP contribution in [0.5, 0.6) is 11.5 Å². The number of hydrogen-bond donors (Lipinski definition) is 0. The van der Waals surface area contributed by atoms with Gasteiger partial charge in [0.05, 0.1) is 13.2 Å². The zero-order valence-electron chi connectivity index (χ0n) is 18.7. The highest BCUT2D eigenvalue weighted by molar-refractivity contribution is 5.94. The molecule has 0 aromatic heterocycles. The minimum Gasteiger partial charge on any atom is -0.497 e. The number of benzene rings is 3. The Kier molecular flexibility index (Phi) is 6.73. The number of Topliss-reactive ketones (excluding diaryl/α,β-unsaturated/α-hetero) is 1. The third-order valence-electron chi connectivity index (χ3n) is 5.91. The summed E-state index contributed by atoms with van der Waals surface area (Å²) < 4.78 is 25.5. The van der Waals surface area contributed by atoms with Crippen LogP contribution in [0.1, 0.15) is 53.4 Å². The molecule has 1 amide bonds. The first-order valence-electron chi connectivity index (χ1n) is 10.9. The van der Waals surface area contributed by atoms with Crippen molar-refractivity contribution in [1.29, 1.82) is 0 Å². The first kappa shape index (κ1) is 22.5. The SMILES string of the molecule is COc1ccc([C@@H](Oc2ccc(C(C)=O)cc2)[C@H](c2ccc(F)cc2)N2CCCC2=O)cc1. The molecule has 1 aliphatic rings. The van der Waals surface area contributed by atoms with Crippen molar-refractivity contribution in [2.24, 2.45) is 0 Å². The molecule has 33 heavy (non-hydrogen) atoms. The van der Waals surface area contributed by atoms with E-state index in [4.69, 9.17) is 9.47 Å². The van der Waals surface area contributed by atoms with Crippen LogP contribution in [0, 0.1) is 5.82 Å². The monoisotopic (exact) mass is 447 g/mol. The first-order chi connectivity index (χ1) is 16.0. The fourth-order valence-electron chi connectivity index (χ4n) is 4.16. The molecule has 0 unspecified atom stereocenters. The lowest BCUT2D eigenvalue weighted by Gasteiger charge is -2.35. The van der Waals surface area contributed by atoms with Gasteiger partial charge in [-0.3, -0.25) is 9.59 Å². The predicted octanol–water partition coefficient (Wildman–Crippen LogP) is 5.52. The van der Waals surface area contributed by atoms with Gasteiger partial charge in [-0.05, 0) is 73.0 Å². The van der Waals surface area contributed by atoms with Crippen LogP contribution in [0.4, 0.5) is 4.39 Å². The van der Waals surface area contributed by atoms with Gasteiger partial charge in [0, 0.05) is 18.5 Å². The molecule has 0 saturated carbocycles. The van der Waals surface area contributed by atoms with Gasteiger partial charge in [-0.25, -0.2) is 4.39 Å². The van der Waals surface area contributed by atoms with Crippen LogP contribution in [0.2, 0.25) is 0 Å². The number of methoxy groups -OCH3 is 1. The number of amides is 1. The van der Waals surface area contributed by atoms with E-state index in [0.29, 0.717) is 30.0 Å². The van der Waals surface area contributed by atoms with Crippen molar-refractivity contribution in [2.75, 3.05) is 13.7 Å². The van der Waals surface area contributed by atoms with Crippen molar-refractivity contribution >= 4 is 11.7 Å².